The number of hydrogen-bond donors (Lipinski definition) is 3. The van der Waals surface area contributed by atoms with Gasteiger partial charge in [0.1, 0.15) is 0 Å². The zero-order valence-corrected chi connectivity index (χ0v) is 10.9. The summed E-state index contributed by atoms with van der Waals surface area (Å²) < 4.78 is 5.44. The van der Waals surface area contributed by atoms with Crippen LogP contribution >= 0.6 is 0 Å². The number of aliphatic hydroxyl groups is 1. The lowest BCUT2D eigenvalue weighted by Crippen LogP contribution is -2.45. The van der Waals surface area contributed by atoms with Crippen LogP contribution in [0.5, 0.6) is 0 Å². The van der Waals surface area contributed by atoms with Crippen LogP contribution in [0.15, 0.2) is 0 Å². The van der Waals surface area contributed by atoms with Gasteiger partial charge in [0.25, 0.3) is 0 Å². The Morgan fingerprint density at radius 3 is 2.56 bits per heavy atom. The van der Waals surface area contributed by atoms with Crippen molar-refractivity contribution in [2.24, 2.45) is 5.92 Å². The molecule has 0 spiro atoms. The van der Waals surface area contributed by atoms with Gasteiger partial charge in [-0.1, -0.05) is 0 Å². The number of rotatable bonds is 6. The molecule has 5 heteroatoms. The van der Waals surface area contributed by atoms with Gasteiger partial charge in [-0.2, -0.15) is 0 Å². The van der Waals surface area contributed by atoms with Gasteiger partial charge < -0.3 is 20.5 Å². The molecule has 2 aliphatic rings. The van der Waals surface area contributed by atoms with Gasteiger partial charge in [-0.3, -0.25) is 0 Å². The number of nitrogens with one attached hydrogen (secondary N) is 2. The molecule has 0 aromatic rings. The first kappa shape index (κ1) is 13.6. The van der Waals surface area contributed by atoms with Crippen LogP contribution in [0.3, 0.4) is 0 Å². The summed E-state index contributed by atoms with van der Waals surface area (Å²) >= 11 is 0. The minimum atomic E-state index is -0.179. The minimum absolute atomic E-state index is 0.119. The zero-order valence-electron chi connectivity index (χ0n) is 10.9. The van der Waals surface area contributed by atoms with Crippen LogP contribution in [0.2, 0.25) is 0 Å². The van der Waals surface area contributed by atoms with Crippen molar-refractivity contribution in [3.8, 4) is 0 Å². The normalized spacial score (nSPS) is 27.8. The van der Waals surface area contributed by atoms with E-state index in [0.717, 1.165) is 38.2 Å². The Labute approximate surface area is 108 Å². The third kappa shape index (κ3) is 5.23. The van der Waals surface area contributed by atoms with Gasteiger partial charge in [0.15, 0.2) is 0 Å². The first-order valence-electron chi connectivity index (χ1n) is 7.04. The van der Waals surface area contributed by atoms with Crippen molar-refractivity contribution in [1.29, 1.82) is 0 Å². The molecule has 0 unspecified atom stereocenters. The molecule has 3 N–H and O–H groups in total. The third-order valence-electron chi connectivity index (χ3n) is 3.61. The van der Waals surface area contributed by atoms with E-state index < -0.39 is 0 Å². The second kappa shape index (κ2) is 6.95. The number of urea groups is 1. The Morgan fingerprint density at radius 2 is 1.89 bits per heavy atom. The smallest absolute Gasteiger partial charge is 0.315 e. The highest BCUT2D eigenvalue weighted by atomic mass is 16.5. The molecule has 104 valence electrons. The maximum atomic E-state index is 11.6. The van der Waals surface area contributed by atoms with Gasteiger partial charge in [-0.15, -0.1) is 0 Å². The summed E-state index contributed by atoms with van der Waals surface area (Å²) in [6.07, 6.45) is 5.72. The summed E-state index contributed by atoms with van der Waals surface area (Å²) in [6.45, 7) is 1.99. The Hall–Kier alpha value is -0.810. The largest absolute Gasteiger partial charge is 0.393 e. The molecule has 0 heterocycles. The molecular formula is C13H24N2O3. The third-order valence-corrected chi connectivity index (χ3v) is 3.61. The summed E-state index contributed by atoms with van der Waals surface area (Å²) in [5.74, 6) is 0.771. The Morgan fingerprint density at radius 1 is 1.17 bits per heavy atom. The lowest BCUT2D eigenvalue weighted by Gasteiger charge is -2.26. The van der Waals surface area contributed by atoms with Crippen LogP contribution in [0.25, 0.3) is 0 Å². The van der Waals surface area contributed by atoms with E-state index in [1.54, 1.807) is 0 Å². The number of carbonyl (C=O) groups is 1. The standard InChI is InChI=1S/C13H24N2O3/c16-12-5-3-11(4-6-12)15-13(17)14-7-8-18-9-10-1-2-10/h10-12,16H,1-9H2,(H2,14,15,17). The quantitative estimate of drug-likeness (QED) is 0.621. The topological polar surface area (TPSA) is 70.6 Å². The molecule has 18 heavy (non-hydrogen) atoms. The van der Waals surface area contributed by atoms with E-state index in [4.69, 9.17) is 4.74 Å². The van der Waals surface area contributed by atoms with Crippen LogP contribution in [0.4, 0.5) is 4.79 Å². The van der Waals surface area contributed by atoms with Crippen molar-refractivity contribution >= 4 is 6.03 Å². The second-order valence-electron chi connectivity index (χ2n) is 5.42. The van der Waals surface area contributed by atoms with Gasteiger partial charge in [0, 0.05) is 19.2 Å². The number of aliphatic hydroxyl groups excluding tert-OH is 1. The van der Waals surface area contributed by atoms with E-state index in [1.807, 2.05) is 0 Å². The lowest BCUT2D eigenvalue weighted by molar-refractivity contribution is 0.116. The van der Waals surface area contributed by atoms with Gasteiger partial charge in [-0.05, 0) is 44.4 Å². The highest BCUT2D eigenvalue weighted by Gasteiger charge is 2.21. The van der Waals surface area contributed by atoms with Crippen molar-refractivity contribution in [1.82, 2.24) is 10.6 Å². The Balaban J connectivity index is 1.46. The highest BCUT2D eigenvalue weighted by molar-refractivity contribution is 5.74. The lowest BCUT2D eigenvalue weighted by atomic mass is 9.93. The van der Waals surface area contributed by atoms with Gasteiger partial charge in [-0.25, -0.2) is 4.79 Å². The van der Waals surface area contributed by atoms with Crippen molar-refractivity contribution in [2.45, 2.75) is 50.7 Å². The fraction of sp³-hybridized carbons (Fsp3) is 0.923. The summed E-state index contributed by atoms with van der Waals surface area (Å²) in [4.78, 5) is 11.6. The molecule has 0 aromatic heterocycles. The van der Waals surface area contributed by atoms with Gasteiger partial charge >= 0.3 is 6.03 Å². The minimum Gasteiger partial charge on any atom is -0.393 e. The van der Waals surface area contributed by atoms with Crippen LogP contribution in [0.1, 0.15) is 38.5 Å². The summed E-state index contributed by atoms with van der Waals surface area (Å²) in [5.41, 5.74) is 0. The monoisotopic (exact) mass is 256 g/mol. The fourth-order valence-corrected chi connectivity index (χ4v) is 2.23. The van der Waals surface area contributed by atoms with Crippen LogP contribution in [-0.4, -0.2) is 43.0 Å². The zero-order chi connectivity index (χ0) is 12.8. The number of hydrogen-bond acceptors (Lipinski definition) is 3. The molecule has 2 saturated carbocycles. The molecule has 2 amide bonds. The van der Waals surface area contributed by atoms with Gasteiger partial charge in [0.05, 0.1) is 12.7 Å². The van der Waals surface area contributed by atoms with Crippen molar-refractivity contribution < 1.29 is 14.6 Å². The average Bonchev–Trinajstić information content (AvgIpc) is 3.16. The number of amides is 2. The summed E-state index contributed by atoms with van der Waals surface area (Å²) in [6, 6.07) is 0.0900. The van der Waals surface area contributed by atoms with E-state index in [-0.39, 0.29) is 18.2 Å². The van der Waals surface area contributed by atoms with E-state index in [9.17, 15) is 9.90 Å². The molecule has 2 fully saturated rings. The molecular weight excluding hydrogens is 232 g/mol. The van der Waals surface area contributed by atoms with Crippen LogP contribution in [-0.2, 0) is 4.74 Å². The molecule has 0 atom stereocenters. The summed E-state index contributed by atoms with van der Waals surface area (Å²) in [7, 11) is 0. The summed E-state index contributed by atoms with van der Waals surface area (Å²) in [5, 5.41) is 15.1. The Bertz CT molecular complexity index is 261. The number of ether oxygens (including phenoxy) is 1. The molecule has 0 bridgehead atoms. The van der Waals surface area contributed by atoms with Crippen LogP contribution < -0.4 is 10.6 Å². The SMILES string of the molecule is O=C(NCCOCC1CC1)NC1CCC(O)CC1. The maximum Gasteiger partial charge on any atom is 0.315 e. The van der Waals surface area contributed by atoms with Crippen molar-refractivity contribution in [3.63, 3.8) is 0 Å². The second-order valence-corrected chi connectivity index (χ2v) is 5.42. The highest BCUT2D eigenvalue weighted by Crippen LogP contribution is 2.28. The molecule has 5 nitrogen and oxygen atoms in total. The van der Waals surface area contributed by atoms with E-state index in [0.29, 0.717) is 13.2 Å². The average molecular weight is 256 g/mol. The molecule has 0 radical (unpaired) electrons. The van der Waals surface area contributed by atoms with E-state index in [2.05, 4.69) is 10.6 Å². The molecule has 0 saturated heterocycles. The van der Waals surface area contributed by atoms with Crippen molar-refractivity contribution in [3.05, 3.63) is 0 Å². The maximum absolute atomic E-state index is 11.6. The molecule has 0 aliphatic heterocycles. The molecule has 2 rings (SSSR count). The Kier molecular flexibility index (Phi) is 5.26. The first-order chi connectivity index (χ1) is 8.74. The van der Waals surface area contributed by atoms with Crippen molar-refractivity contribution in [2.75, 3.05) is 19.8 Å². The van der Waals surface area contributed by atoms with Gasteiger partial charge in [0.2, 0.25) is 0 Å². The predicted octanol–water partition coefficient (Wildman–Crippen LogP) is 1.02. The van der Waals surface area contributed by atoms with E-state index in [1.165, 1.54) is 12.8 Å². The van der Waals surface area contributed by atoms with E-state index >= 15 is 0 Å². The molecule has 2 aliphatic carbocycles. The fourth-order valence-electron chi connectivity index (χ4n) is 2.23. The number of carbonyl (C=O) groups excluding carboxylic acids is 1. The predicted molar refractivity (Wildman–Crippen MR) is 68.3 cm³/mol. The van der Waals surface area contributed by atoms with Crippen LogP contribution in [0, 0.1) is 5.92 Å². The first-order valence-corrected chi connectivity index (χ1v) is 7.04. The molecule has 0 aromatic carbocycles.